The number of nitrogens with zero attached hydrogens (tertiary/aromatic N) is 2. The number of hydrogen-bond acceptors (Lipinski definition) is 4. The fourth-order valence-electron chi connectivity index (χ4n) is 1.82. The van der Waals surface area contributed by atoms with Crippen LogP contribution >= 0.6 is 0 Å². The van der Waals surface area contributed by atoms with Crippen molar-refractivity contribution in [2.45, 2.75) is 13.5 Å². The lowest BCUT2D eigenvalue weighted by atomic mass is 10.2. The Kier molecular flexibility index (Phi) is 4.90. The predicted octanol–water partition coefficient (Wildman–Crippen LogP) is 2.27. The van der Waals surface area contributed by atoms with Gasteiger partial charge in [0.05, 0.1) is 25.0 Å². The molecule has 106 valence electrons. The zero-order valence-electron chi connectivity index (χ0n) is 11.7. The van der Waals surface area contributed by atoms with Crippen LogP contribution in [-0.4, -0.2) is 36.1 Å². The lowest BCUT2D eigenvalue weighted by Crippen LogP contribution is -2.33. The van der Waals surface area contributed by atoms with E-state index in [4.69, 9.17) is 9.15 Å². The number of pyridine rings is 1. The average molecular weight is 274 g/mol. The molecule has 0 saturated carbocycles. The first kappa shape index (κ1) is 14.3. The van der Waals surface area contributed by atoms with E-state index < -0.39 is 0 Å². The smallest absolute Gasteiger partial charge is 0.255 e. The molecule has 0 bridgehead atoms. The largest absolute Gasteiger partial charge is 0.467 e. The van der Waals surface area contributed by atoms with Crippen molar-refractivity contribution in [2.24, 2.45) is 0 Å². The summed E-state index contributed by atoms with van der Waals surface area (Å²) < 4.78 is 10.4. The summed E-state index contributed by atoms with van der Waals surface area (Å²) >= 11 is 0. The molecule has 2 aromatic rings. The Morgan fingerprint density at radius 3 is 2.85 bits per heavy atom. The highest BCUT2D eigenvalue weighted by Crippen LogP contribution is 2.10. The van der Waals surface area contributed by atoms with Crippen LogP contribution in [0.4, 0.5) is 0 Å². The highest BCUT2D eigenvalue weighted by Gasteiger charge is 2.17. The standard InChI is InChI=1S/C15H18N2O3/c1-12-5-6-13(10-16-12)15(18)17(7-9-19-2)11-14-4-3-8-20-14/h3-6,8,10H,7,9,11H2,1-2H3. The maximum Gasteiger partial charge on any atom is 0.255 e. The number of aromatic nitrogens is 1. The zero-order valence-corrected chi connectivity index (χ0v) is 11.7. The summed E-state index contributed by atoms with van der Waals surface area (Å²) in [5.41, 5.74) is 1.45. The fraction of sp³-hybridized carbons (Fsp3) is 0.333. The second-order valence-electron chi connectivity index (χ2n) is 4.49. The molecule has 0 spiro atoms. The first-order chi connectivity index (χ1) is 9.70. The van der Waals surface area contributed by atoms with Crippen LogP contribution in [0.1, 0.15) is 21.8 Å². The summed E-state index contributed by atoms with van der Waals surface area (Å²) in [5.74, 6) is 0.667. The van der Waals surface area contributed by atoms with Crippen molar-refractivity contribution in [2.75, 3.05) is 20.3 Å². The number of methoxy groups -OCH3 is 1. The van der Waals surface area contributed by atoms with Crippen LogP contribution in [0, 0.1) is 6.92 Å². The maximum absolute atomic E-state index is 12.5. The summed E-state index contributed by atoms with van der Waals surface area (Å²) in [6.07, 6.45) is 3.20. The van der Waals surface area contributed by atoms with E-state index in [1.807, 2.05) is 25.1 Å². The van der Waals surface area contributed by atoms with Crippen molar-refractivity contribution < 1.29 is 13.9 Å². The van der Waals surface area contributed by atoms with Gasteiger partial charge in [0.25, 0.3) is 5.91 Å². The van der Waals surface area contributed by atoms with Gasteiger partial charge in [-0.05, 0) is 31.2 Å². The van der Waals surface area contributed by atoms with E-state index in [0.717, 1.165) is 11.5 Å². The Balaban J connectivity index is 2.12. The van der Waals surface area contributed by atoms with Crippen molar-refractivity contribution in [3.8, 4) is 0 Å². The predicted molar refractivity (Wildman–Crippen MR) is 74.3 cm³/mol. The van der Waals surface area contributed by atoms with Gasteiger partial charge in [-0.3, -0.25) is 9.78 Å². The number of ether oxygens (including phenoxy) is 1. The Hall–Kier alpha value is -2.14. The first-order valence-electron chi connectivity index (χ1n) is 6.44. The molecule has 20 heavy (non-hydrogen) atoms. The van der Waals surface area contributed by atoms with Gasteiger partial charge in [0.1, 0.15) is 5.76 Å². The third kappa shape index (κ3) is 3.68. The summed E-state index contributed by atoms with van der Waals surface area (Å²) in [6.45, 7) is 3.29. The molecule has 0 atom stereocenters. The minimum atomic E-state index is -0.0778. The number of hydrogen-bond donors (Lipinski definition) is 0. The van der Waals surface area contributed by atoms with Gasteiger partial charge >= 0.3 is 0 Å². The molecule has 5 nitrogen and oxygen atoms in total. The van der Waals surface area contributed by atoms with E-state index in [9.17, 15) is 4.79 Å². The number of amides is 1. The van der Waals surface area contributed by atoms with Crippen LogP contribution in [0.2, 0.25) is 0 Å². The topological polar surface area (TPSA) is 55.6 Å². The van der Waals surface area contributed by atoms with Crippen LogP contribution in [0.5, 0.6) is 0 Å². The van der Waals surface area contributed by atoms with Crippen LogP contribution < -0.4 is 0 Å². The molecule has 2 rings (SSSR count). The molecule has 0 unspecified atom stereocenters. The Labute approximate surface area is 118 Å². The van der Waals surface area contributed by atoms with E-state index in [0.29, 0.717) is 25.3 Å². The first-order valence-corrected chi connectivity index (χ1v) is 6.44. The molecular formula is C15H18N2O3. The number of rotatable bonds is 6. The van der Waals surface area contributed by atoms with Crippen molar-refractivity contribution in [1.82, 2.24) is 9.88 Å². The fourth-order valence-corrected chi connectivity index (χ4v) is 1.82. The van der Waals surface area contributed by atoms with Gasteiger partial charge in [0.2, 0.25) is 0 Å². The number of furan rings is 1. The Morgan fingerprint density at radius 2 is 2.25 bits per heavy atom. The van der Waals surface area contributed by atoms with Gasteiger partial charge in [0.15, 0.2) is 0 Å². The van der Waals surface area contributed by atoms with Gasteiger partial charge in [-0.25, -0.2) is 0 Å². The monoisotopic (exact) mass is 274 g/mol. The second kappa shape index (κ2) is 6.86. The molecule has 1 amide bonds. The van der Waals surface area contributed by atoms with Crippen LogP contribution in [0.15, 0.2) is 41.1 Å². The molecule has 0 aliphatic rings. The number of aryl methyl sites for hydroxylation is 1. The van der Waals surface area contributed by atoms with Gasteiger partial charge in [0, 0.05) is 25.5 Å². The normalized spacial score (nSPS) is 10.5. The van der Waals surface area contributed by atoms with Crippen molar-refractivity contribution in [3.63, 3.8) is 0 Å². The zero-order chi connectivity index (χ0) is 14.4. The molecular weight excluding hydrogens is 256 g/mol. The third-order valence-corrected chi connectivity index (χ3v) is 2.94. The number of carbonyl (C=O) groups is 1. The molecule has 0 N–H and O–H groups in total. The van der Waals surface area contributed by atoms with Crippen molar-refractivity contribution in [3.05, 3.63) is 53.7 Å². The second-order valence-corrected chi connectivity index (χ2v) is 4.49. The van der Waals surface area contributed by atoms with Crippen LogP contribution in [0.25, 0.3) is 0 Å². The molecule has 5 heteroatoms. The summed E-state index contributed by atoms with van der Waals surface area (Å²) in [4.78, 5) is 18.3. The SMILES string of the molecule is COCCN(Cc1ccco1)C(=O)c1ccc(C)nc1. The van der Waals surface area contributed by atoms with Gasteiger partial charge in [-0.2, -0.15) is 0 Å². The van der Waals surface area contributed by atoms with E-state index in [2.05, 4.69) is 4.98 Å². The average Bonchev–Trinajstić information content (AvgIpc) is 2.96. The van der Waals surface area contributed by atoms with E-state index in [1.54, 1.807) is 30.5 Å². The van der Waals surface area contributed by atoms with Crippen LogP contribution in [-0.2, 0) is 11.3 Å². The van der Waals surface area contributed by atoms with E-state index >= 15 is 0 Å². The van der Waals surface area contributed by atoms with Crippen molar-refractivity contribution >= 4 is 5.91 Å². The molecule has 0 aliphatic heterocycles. The van der Waals surface area contributed by atoms with Gasteiger partial charge in [-0.1, -0.05) is 0 Å². The highest BCUT2D eigenvalue weighted by molar-refractivity contribution is 5.93. The Morgan fingerprint density at radius 1 is 1.40 bits per heavy atom. The number of carbonyl (C=O) groups excluding carboxylic acids is 1. The molecule has 2 aromatic heterocycles. The third-order valence-electron chi connectivity index (χ3n) is 2.94. The van der Waals surface area contributed by atoms with E-state index in [-0.39, 0.29) is 5.91 Å². The summed E-state index contributed by atoms with van der Waals surface area (Å²) in [6, 6.07) is 7.27. The molecule has 2 heterocycles. The molecule has 0 saturated heterocycles. The Bertz CT molecular complexity index is 535. The lowest BCUT2D eigenvalue weighted by Gasteiger charge is -2.21. The van der Waals surface area contributed by atoms with E-state index in [1.165, 1.54) is 0 Å². The molecule has 0 radical (unpaired) electrons. The molecule has 0 aromatic carbocycles. The summed E-state index contributed by atoms with van der Waals surface area (Å²) in [5, 5.41) is 0. The quantitative estimate of drug-likeness (QED) is 0.811. The molecule has 0 fully saturated rings. The van der Waals surface area contributed by atoms with Gasteiger partial charge < -0.3 is 14.1 Å². The van der Waals surface area contributed by atoms with Crippen molar-refractivity contribution in [1.29, 1.82) is 0 Å². The van der Waals surface area contributed by atoms with Gasteiger partial charge in [-0.15, -0.1) is 0 Å². The molecule has 0 aliphatic carbocycles. The highest BCUT2D eigenvalue weighted by atomic mass is 16.5. The van der Waals surface area contributed by atoms with Crippen LogP contribution in [0.3, 0.4) is 0 Å². The minimum absolute atomic E-state index is 0.0778. The maximum atomic E-state index is 12.5. The minimum Gasteiger partial charge on any atom is -0.467 e. The lowest BCUT2D eigenvalue weighted by molar-refractivity contribution is 0.0666. The summed E-state index contributed by atoms with van der Waals surface area (Å²) in [7, 11) is 1.61.